The Balaban J connectivity index is 1.72. The lowest BCUT2D eigenvalue weighted by Crippen LogP contribution is -2.04. The highest BCUT2D eigenvalue weighted by Crippen LogP contribution is 2.32. The third-order valence-corrected chi connectivity index (χ3v) is 4.75. The van der Waals surface area contributed by atoms with Crippen molar-refractivity contribution in [3.63, 3.8) is 0 Å². The van der Waals surface area contributed by atoms with Gasteiger partial charge in [0.05, 0.1) is 12.7 Å². The number of nitrogens with zero attached hydrogens (tertiary/aromatic N) is 4. The molecule has 2 heterocycles. The Morgan fingerprint density at radius 3 is 2.19 bits per heavy atom. The molecule has 0 aliphatic heterocycles. The van der Waals surface area contributed by atoms with Gasteiger partial charge >= 0.3 is 6.18 Å². The molecule has 26 heavy (non-hydrogen) atoms. The van der Waals surface area contributed by atoms with Gasteiger partial charge < -0.3 is 4.74 Å². The summed E-state index contributed by atoms with van der Waals surface area (Å²) >= 11 is 1.34. The molecular formula is C17H11F3N4OS. The Hall–Kier alpha value is -2.94. The van der Waals surface area contributed by atoms with Crippen LogP contribution in [0.5, 0.6) is 5.75 Å². The molecule has 2 aromatic heterocycles. The van der Waals surface area contributed by atoms with Gasteiger partial charge in [-0.15, -0.1) is 10.2 Å². The van der Waals surface area contributed by atoms with Gasteiger partial charge in [-0.3, -0.25) is 0 Å². The second-order valence-corrected chi connectivity index (χ2v) is 6.38. The summed E-state index contributed by atoms with van der Waals surface area (Å²) < 4.78 is 44.8. The Kier molecular flexibility index (Phi) is 3.87. The molecule has 0 bridgehead atoms. The number of alkyl halides is 3. The summed E-state index contributed by atoms with van der Waals surface area (Å²) in [6.45, 7) is 0. The lowest BCUT2D eigenvalue weighted by Gasteiger charge is -2.06. The molecule has 0 unspecified atom stereocenters. The molecule has 0 aliphatic carbocycles. The minimum Gasteiger partial charge on any atom is -0.497 e. The van der Waals surface area contributed by atoms with Gasteiger partial charge in [0, 0.05) is 11.1 Å². The summed E-state index contributed by atoms with van der Waals surface area (Å²) in [5.41, 5.74) is 0.691. The largest absolute Gasteiger partial charge is 0.497 e. The summed E-state index contributed by atoms with van der Waals surface area (Å²) in [5.74, 6) is 1.13. The number of hydrogen-bond acceptors (Lipinski definition) is 5. The fraction of sp³-hybridized carbons (Fsp3) is 0.118. The number of aromatic nitrogens is 4. The lowest BCUT2D eigenvalue weighted by molar-refractivity contribution is -0.137. The van der Waals surface area contributed by atoms with E-state index in [0.717, 1.165) is 28.5 Å². The first-order valence-corrected chi connectivity index (χ1v) is 8.31. The predicted octanol–water partition coefficient (Wildman–Crippen LogP) is 4.55. The number of fused-ring (bicyclic) bond motifs is 1. The first kappa shape index (κ1) is 16.5. The first-order valence-electron chi connectivity index (χ1n) is 7.50. The molecule has 0 saturated carbocycles. The second-order valence-electron chi connectivity index (χ2n) is 5.43. The van der Waals surface area contributed by atoms with Gasteiger partial charge in [0.25, 0.3) is 0 Å². The predicted molar refractivity (Wildman–Crippen MR) is 91.1 cm³/mol. The van der Waals surface area contributed by atoms with Gasteiger partial charge in [-0.1, -0.05) is 23.5 Å². The van der Waals surface area contributed by atoms with E-state index in [1.807, 2.05) is 24.3 Å². The Labute approximate surface area is 149 Å². The van der Waals surface area contributed by atoms with E-state index in [1.165, 1.54) is 28.0 Å². The zero-order chi connectivity index (χ0) is 18.3. The molecule has 0 N–H and O–H groups in total. The number of benzene rings is 2. The van der Waals surface area contributed by atoms with Crippen LogP contribution in [0, 0.1) is 0 Å². The molecule has 0 amide bonds. The number of ether oxygens (including phenoxy) is 1. The third kappa shape index (κ3) is 2.90. The van der Waals surface area contributed by atoms with E-state index < -0.39 is 11.7 Å². The first-order chi connectivity index (χ1) is 12.5. The SMILES string of the molecule is COc1ccc(-c2nn3c(-c4ccc(C(F)(F)F)cc4)nnc3s2)cc1. The molecule has 0 atom stereocenters. The van der Waals surface area contributed by atoms with Crippen LogP contribution in [0.25, 0.3) is 26.9 Å². The number of hydrogen-bond donors (Lipinski definition) is 0. The highest BCUT2D eigenvalue weighted by atomic mass is 32.1. The Morgan fingerprint density at radius 2 is 1.58 bits per heavy atom. The average molecular weight is 376 g/mol. The van der Waals surface area contributed by atoms with Crippen LogP contribution in [0.3, 0.4) is 0 Å². The van der Waals surface area contributed by atoms with E-state index in [-0.39, 0.29) is 0 Å². The maximum absolute atomic E-state index is 12.7. The van der Waals surface area contributed by atoms with Crippen molar-refractivity contribution in [3.05, 3.63) is 54.1 Å². The topological polar surface area (TPSA) is 52.3 Å². The smallest absolute Gasteiger partial charge is 0.416 e. The van der Waals surface area contributed by atoms with Crippen molar-refractivity contribution < 1.29 is 17.9 Å². The molecule has 0 spiro atoms. The number of rotatable bonds is 3. The molecule has 132 valence electrons. The lowest BCUT2D eigenvalue weighted by atomic mass is 10.1. The normalized spacial score (nSPS) is 11.8. The van der Waals surface area contributed by atoms with Crippen molar-refractivity contribution in [2.45, 2.75) is 6.18 Å². The summed E-state index contributed by atoms with van der Waals surface area (Å²) in [7, 11) is 1.59. The average Bonchev–Trinajstić information content (AvgIpc) is 3.22. The van der Waals surface area contributed by atoms with E-state index >= 15 is 0 Å². The molecule has 0 saturated heterocycles. The van der Waals surface area contributed by atoms with Crippen LogP contribution in [0.4, 0.5) is 13.2 Å². The van der Waals surface area contributed by atoms with Crippen molar-refractivity contribution in [2.24, 2.45) is 0 Å². The Bertz CT molecular complexity index is 1050. The quantitative estimate of drug-likeness (QED) is 0.527. The van der Waals surface area contributed by atoms with Gasteiger partial charge in [0.15, 0.2) is 5.82 Å². The molecule has 4 rings (SSSR count). The van der Waals surface area contributed by atoms with E-state index in [9.17, 15) is 13.2 Å². The van der Waals surface area contributed by atoms with Gasteiger partial charge in [0.1, 0.15) is 10.8 Å². The van der Waals surface area contributed by atoms with Gasteiger partial charge in [-0.2, -0.15) is 22.8 Å². The van der Waals surface area contributed by atoms with Crippen LogP contribution in [-0.4, -0.2) is 26.9 Å². The van der Waals surface area contributed by atoms with E-state index in [2.05, 4.69) is 15.3 Å². The molecular weight excluding hydrogens is 365 g/mol. The van der Waals surface area contributed by atoms with Gasteiger partial charge in [0.2, 0.25) is 4.96 Å². The van der Waals surface area contributed by atoms with Crippen molar-refractivity contribution in [1.82, 2.24) is 19.8 Å². The minimum absolute atomic E-state index is 0.393. The molecule has 2 aromatic carbocycles. The number of halogens is 3. The van der Waals surface area contributed by atoms with Crippen molar-refractivity contribution in [3.8, 4) is 27.7 Å². The highest BCUT2D eigenvalue weighted by Gasteiger charge is 2.30. The summed E-state index contributed by atoms with van der Waals surface area (Å²) in [6.07, 6.45) is -4.37. The zero-order valence-corrected chi connectivity index (χ0v) is 14.2. The molecule has 9 heteroatoms. The van der Waals surface area contributed by atoms with Crippen LogP contribution in [0.1, 0.15) is 5.56 Å². The standard InChI is InChI=1S/C17H11F3N4OS/c1-25-13-8-4-11(5-9-13)15-23-24-14(21-22-16(24)26-15)10-2-6-12(7-3-10)17(18,19)20/h2-9H,1H3. The van der Waals surface area contributed by atoms with Crippen LogP contribution in [0.2, 0.25) is 0 Å². The number of methoxy groups -OCH3 is 1. The fourth-order valence-electron chi connectivity index (χ4n) is 2.46. The monoisotopic (exact) mass is 376 g/mol. The van der Waals surface area contributed by atoms with Crippen LogP contribution in [0.15, 0.2) is 48.5 Å². The van der Waals surface area contributed by atoms with Gasteiger partial charge in [-0.05, 0) is 36.4 Å². The Morgan fingerprint density at radius 1 is 0.923 bits per heavy atom. The maximum Gasteiger partial charge on any atom is 0.416 e. The van der Waals surface area contributed by atoms with E-state index in [1.54, 1.807) is 7.11 Å². The van der Waals surface area contributed by atoms with Crippen molar-refractivity contribution >= 4 is 16.3 Å². The maximum atomic E-state index is 12.7. The fourth-order valence-corrected chi connectivity index (χ4v) is 3.30. The molecule has 0 fully saturated rings. The van der Waals surface area contributed by atoms with E-state index in [0.29, 0.717) is 16.3 Å². The van der Waals surface area contributed by atoms with Crippen molar-refractivity contribution in [2.75, 3.05) is 7.11 Å². The summed E-state index contributed by atoms with van der Waals surface area (Å²) in [5, 5.41) is 13.3. The zero-order valence-electron chi connectivity index (χ0n) is 13.4. The van der Waals surface area contributed by atoms with E-state index in [4.69, 9.17) is 4.74 Å². The third-order valence-electron chi connectivity index (χ3n) is 3.80. The minimum atomic E-state index is -4.37. The van der Waals surface area contributed by atoms with Crippen LogP contribution >= 0.6 is 11.3 Å². The molecule has 0 aliphatic rings. The summed E-state index contributed by atoms with van der Waals surface area (Å²) in [4.78, 5) is 0.561. The second kappa shape index (κ2) is 6.10. The molecule has 0 radical (unpaired) electrons. The molecule has 5 nitrogen and oxygen atoms in total. The summed E-state index contributed by atoms with van der Waals surface area (Å²) in [6, 6.07) is 12.2. The highest BCUT2D eigenvalue weighted by molar-refractivity contribution is 7.19. The van der Waals surface area contributed by atoms with Gasteiger partial charge in [-0.25, -0.2) is 0 Å². The van der Waals surface area contributed by atoms with Crippen LogP contribution in [-0.2, 0) is 6.18 Å². The van der Waals surface area contributed by atoms with Crippen molar-refractivity contribution in [1.29, 1.82) is 0 Å². The van der Waals surface area contributed by atoms with Crippen LogP contribution < -0.4 is 4.74 Å². The molecule has 4 aromatic rings.